The highest BCUT2D eigenvalue weighted by atomic mass is 16.6. The highest BCUT2D eigenvalue weighted by Crippen LogP contribution is 2.55. The van der Waals surface area contributed by atoms with Crippen molar-refractivity contribution in [2.45, 2.75) is 97.2 Å². The van der Waals surface area contributed by atoms with Gasteiger partial charge >= 0.3 is 6.09 Å². The van der Waals surface area contributed by atoms with Crippen molar-refractivity contribution in [1.82, 2.24) is 4.90 Å². The third-order valence-corrected chi connectivity index (χ3v) is 8.79. The average Bonchev–Trinajstić information content (AvgIpc) is 3.18. The van der Waals surface area contributed by atoms with Crippen LogP contribution in [0.3, 0.4) is 0 Å². The van der Waals surface area contributed by atoms with Gasteiger partial charge in [0, 0.05) is 6.04 Å². The summed E-state index contributed by atoms with van der Waals surface area (Å²) in [4.78, 5) is 15.0. The summed E-state index contributed by atoms with van der Waals surface area (Å²) in [7, 11) is 0. The fraction of sp³-hybridized carbons (Fsp3) is 0.958. The fourth-order valence-corrected chi connectivity index (χ4v) is 6.41. The second kappa shape index (κ2) is 8.53. The maximum atomic E-state index is 13.0. The van der Waals surface area contributed by atoms with E-state index in [0.29, 0.717) is 31.2 Å². The lowest BCUT2D eigenvalue weighted by atomic mass is 9.75. The molecule has 4 aliphatic rings. The molecule has 0 spiro atoms. The summed E-state index contributed by atoms with van der Waals surface area (Å²) < 4.78 is 12.2. The van der Waals surface area contributed by atoms with Gasteiger partial charge in [0.2, 0.25) is 0 Å². The van der Waals surface area contributed by atoms with E-state index in [1.807, 2.05) is 4.90 Å². The minimum atomic E-state index is -0.109. The molecule has 4 heteroatoms. The summed E-state index contributed by atoms with van der Waals surface area (Å²) in [5, 5.41) is 0. The van der Waals surface area contributed by atoms with Crippen LogP contribution in [0.25, 0.3) is 0 Å². The molecule has 0 radical (unpaired) electrons. The summed E-state index contributed by atoms with van der Waals surface area (Å²) in [5.74, 6) is 4.57. The Kier molecular flexibility index (Phi) is 6.25. The van der Waals surface area contributed by atoms with Crippen LogP contribution < -0.4 is 0 Å². The molecular formula is C24H41NO3. The minimum absolute atomic E-state index is 0.109. The number of amides is 1. The molecule has 4 rings (SSSR count). The van der Waals surface area contributed by atoms with Crippen LogP contribution in [0.4, 0.5) is 4.79 Å². The molecule has 1 heterocycles. The van der Waals surface area contributed by atoms with Crippen LogP contribution in [0, 0.1) is 35.5 Å². The molecule has 1 saturated heterocycles. The molecule has 4 unspecified atom stereocenters. The zero-order valence-electron chi connectivity index (χ0n) is 18.4. The molecule has 3 saturated carbocycles. The molecule has 0 aromatic rings. The topological polar surface area (TPSA) is 38.8 Å². The van der Waals surface area contributed by atoms with Gasteiger partial charge in [-0.2, -0.15) is 0 Å². The fourth-order valence-electron chi connectivity index (χ4n) is 6.41. The van der Waals surface area contributed by atoms with Crippen LogP contribution >= 0.6 is 0 Å². The second-order valence-electron chi connectivity index (χ2n) is 10.4. The molecule has 0 aromatic carbocycles. The Hall–Kier alpha value is -0.770. The molecule has 160 valence electrons. The zero-order chi connectivity index (χ0) is 19.8. The Morgan fingerprint density at radius 2 is 1.86 bits per heavy atom. The number of nitrogens with zero attached hydrogens (tertiary/aromatic N) is 1. The Morgan fingerprint density at radius 3 is 2.50 bits per heavy atom. The van der Waals surface area contributed by atoms with E-state index in [0.717, 1.165) is 36.5 Å². The van der Waals surface area contributed by atoms with Gasteiger partial charge in [-0.1, -0.05) is 40.0 Å². The first-order valence-electron chi connectivity index (χ1n) is 12.1. The molecule has 28 heavy (non-hydrogen) atoms. The van der Waals surface area contributed by atoms with E-state index in [-0.39, 0.29) is 18.2 Å². The van der Waals surface area contributed by atoms with Crippen molar-refractivity contribution in [2.75, 3.05) is 13.2 Å². The van der Waals surface area contributed by atoms with E-state index in [1.54, 1.807) is 0 Å². The van der Waals surface area contributed by atoms with Gasteiger partial charge in [-0.3, -0.25) is 4.90 Å². The first kappa shape index (κ1) is 20.5. The summed E-state index contributed by atoms with van der Waals surface area (Å²) in [6.07, 6.45) is 10.2. The van der Waals surface area contributed by atoms with Crippen LogP contribution in [0.2, 0.25) is 0 Å². The van der Waals surface area contributed by atoms with Crippen LogP contribution in [0.15, 0.2) is 0 Å². The highest BCUT2D eigenvalue weighted by Gasteiger charge is 2.50. The molecule has 0 aromatic heterocycles. The maximum absolute atomic E-state index is 13.0. The number of hydrogen-bond donors (Lipinski definition) is 0. The molecule has 0 N–H and O–H groups in total. The SMILES string of the molecule is CCC(COC(=O)N1[C@H](C)C[C@H](C)[C@@H]1CO[C@H]1CCC2C(C)C2C1)C1CCC1. The summed E-state index contributed by atoms with van der Waals surface area (Å²) in [6.45, 7) is 10.3. The smallest absolute Gasteiger partial charge is 0.410 e. The predicted molar refractivity (Wildman–Crippen MR) is 111 cm³/mol. The van der Waals surface area contributed by atoms with Gasteiger partial charge in [-0.25, -0.2) is 4.79 Å². The Labute approximate surface area is 171 Å². The molecule has 1 aliphatic heterocycles. The molecule has 4 nitrogen and oxygen atoms in total. The van der Waals surface area contributed by atoms with Crippen LogP contribution in [-0.2, 0) is 9.47 Å². The lowest BCUT2D eigenvalue weighted by molar-refractivity contribution is -0.0159. The van der Waals surface area contributed by atoms with Crippen molar-refractivity contribution >= 4 is 6.09 Å². The molecule has 8 atom stereocenters. The number of carbonyl (C=O) groups is 1. The van der Waals surface area contributed by atoms with Crippen LogP contribution in [0.1, 0.15) is 79.1 Å². The van der Waals surface area contributed by atoms with Crippen LogP contribution in [0.5, 0.6) is 0 Å². The molecule has 1 amide bonds. The molecular weight excluding hydrogens is 350 g/mol. The zero-order valence-corrected chi connectivity index (χ0v) is 18.4. The second-order valence-corrected chi connectivity index (χ2v) is 10.4. The maximum Gasteiger partial charge on any atom is 0.410 e. The summed E-state index contributed by atoms with van der Waals surface area (Å²) in [6, 6.07) is 0.416. The third kappa shape index (κ3) is 4.08. The number of carbonyl (C=O) groups excluding carboxylic acids is 1. The monoisotopic (exact) mass is 391 g/mol. The minimum Gasteiger partial charge on any atom is -0.449 e. The van der Waals surface area contributed by atoms with E-state index in [2.05, 4.69) is 27.7 Å². The quantitative estimate of drug-likeness (QED) is 0.575. The predicted octanol–water partition coefficient (Wildman–Crippen LogP) is 5.50. The van der Waals surface area contributed by atoms with Gasteiger partial charge in [0.05, 0.1) is 25.4 Å². The van der Waals surface area contributed by atoms with Gasteiger partial charge < -0.3 is 9.47 Å². The van der Waals surface area contributed by atoms with E-state index in [1.165, 1.54) is 38.5 Å². The summed E-state index contributed by atoms with van der Waals surface area (Å²) >= 11 is 0. The normalized spacial score (nSPS) is 41.3. The van der Waals surface area contributed by atoms with E-state index in [9.17, 15) is 4.79 Å². The van der Waals surface area contributed by atoms with Crippen molar-refractivity contribution in [1.29, 1.82) is 0 Å². The third-order valence-electron chi connectivity index (χ3n) is 8.79. The number of rotatable bonds is 7. The number of hydrogen-bond acceptors (Lipinski definition) is 3. The largest absolute Gasteiger partial charge is 0.449 e. The van der Waals surface area contributed by atoms with Gasteiger partial charge in [0.1, 0.15) is 0 Å². The van der Waals surface area contributed by atoms with Crippen molar-refractivity contribution < 1.29 is 14.3 Å². The first-order chi connectivity index (χ1) is 13.5. The molecule has 4 fully saturated rings. The Bertz CT molecular complexity index is 548. The van der Waals surface area contributed by atoms with Gasteiger partial charge in [-0.15, -0.1) is 0 Å². The number of likely N-dealkylation sites (tertiary alicyclic amines) is 1. The Morgan fingerprint density at radius 1 is 1.07 bits per heavy atom. The van der Waals surface area contributed by atoms with E-state index < -0.39 is 0 Å². The number of ether oxygens (including phenoxy) is 2. The van der Waals surface area contributed by atoms with Crippen molar-refractivity contribution in [3.63, 3.8) is 0 Å². The van der Waals surface area contributed by atoms with Crippen LogP contribution in [-0.4, -0.2) is 42.4 Å². The highest BCUT2D eigenvalue weighted by molar-refractivity contribution is 5.69. The lowest BCUT2D eigenvalue weighted by Crippen LogP contribution is -2.45. The van der Waals surface area contributed by atoms with Crippen molar-refractivity contribution in [3.8, 4) is 0 Å². The van der Waals surface area contributed by atoms with Crippen molar-refractivity contribution in [2.24, 2.45) is 35.5 Å². The number of fused-ring (bicyclic) bond motifs is 1. The standard InChI is InChI=1S/C24H41NO3/c1-5-18(19-7-6-8-19)13-28-24(26)25-16(3)11-15(2)23(25)14-27-20-9-10-21-17(4)22(21)12-20/h15-23H,5-14H2,1-4H3/t15-,16+,17?,18?,20-,21?,22?,23-/m0/s1. The van der Waals surface area contributed by atoms with Crippen molar-refractivity contribution in [3.05, 3.63) is 0 Å². The van der Waals surface area contributed by atoms with E-state index >= 15 is 0 Å². The first-order valence-corrected chi connectivity index (χ1v) is 12.1. The van der Waals surface area contributed by atoms with Gasteiger partial charge in [0.25, 0.3) is 0 Å². The summed E-state index contributed by atoms with van der Waals surface area (Å²) in [5.41, 5.74) is 0. The molecule has 0 bridgehead atoms. The van der Waals surface area contributed by atoms with Gasteiger partial charge in [0.15, 0.2) is 0 Å². The lowest BCUT2D eigenvalue weighted by Gasteiger charge is -2.34. The molecule has 3 aliphatic carbocycles. The average molecular weight is 392 g/mol. The van der Waals surface area contributed by atoms with Gasteiger partial charge in [-0.05, 0) is 74.5 Å². The Balaban J connectivity index is 1.28. The van der Waals surface area contributed by atoms with E-state index in [4.69, 9.17) is 9.47 Å².